The summed E-state index contributed by atoms with van der Waals surface area (Å²) in [6.07, 6.45) is 4.65. The van der Waals surface area contributed by atoms with E-state index in [0.717, 1.165) is 16.5 Å². The number of nitrogens with one attached hydrogen (secondary N) is 1. The van der Waals surface area contributed by atoms with Crippen molar-refractivity contribution < 1.29 is 9.21 Å². The molecule has 0 unspecified atom stereocenters. The first-order valence-corrected chi connectivity index (χ1v) is 7.99. The Balaban J connectivity index is 1.53. The third kappa shape index (κ3) is 2.98. The summed E-state index contributed by atoms with van der Waals surface area (Å²) < 4.78 is 5.23. The highest BCUT2D eigenvalue weighted by atomic mass is 16.3. The Morgan fingerprint density at radius 2 is 2.00 bits per heavy atom. The van der Waals surface area contributed by atoms with Crippen molar-refractivity contribution in [2.75, 3.05) is 5.73 Å². The van der Waals surface area contributed by atoms with E-state index in [1.165, 1.54) is 12.5 Å². The van der Waals surface area contributed by atoms with Gasteiger partial charge in [0.25, 0.3) is 5.91 Å². The number of para-hydroxylation sites is 1. The van der Waals surface area contributed by atoms with Crippen LogP contribution >= 0.6 is 0 Å². The van der Waals surface area contributed by atoms with Crippen LogP contribution in [-0.2, 0) is 6.54 Å². The Morgan fingerprint density at radius 1 is 1.12 bits per heavy atom. The monoisotopic (exact) mass is 345 g/mol. The predicted octanol–water partition coefficient (Wildman–Crippen LogP) is 2.80. The maximum atomic E-state index is 12.5. The van der Waals surface area contributed by atoms with E-state index >= 15 is 0 Å². The third-order valence-corrected chi connectivity index (χ3v) is 3.96. The van der Waals surface area contributed by atoms with E-state index in [2.05, 4.69) is 20.3 Å². The van der Waals surface area contributed by atoms with Crippen molar-refractivity contribution in [1.29, 1.82) is 0 Å². The minimum atomic E-state index is -0.346. The molecule has 0 spiro atoms. The number of anilines is 1. The molecule has 3 heterocycles. The average Bonchev–Trinajstić information content (AvgIpc) is 3.21. The molecule has 26 heavy (non-hydrogen) atoms. The molecule has 0 radical (unpaired) electrons. The summed E-state index contributed by atoms with van der Waals surface area (Å²) in [5.74, 6) is 0.578. The van der Waals surface area contributed by atoms with Gasteiger partial charge in [-0.3, -0.25) is 9.78 Å². The zero-order valence-electron chi connectivity index (χ0n) is 13.7. The van der Waals surface area contributed by atoms with Gasteiger partial charge in [-0.1, -0.05) is 24.3 Å². The largest absolute Gasteiger partial charge is 0.461 e. The molecule has 0 aliphatic rings. The van der Waals surface area contributed by atoms with Crippen molar-refractivity contribution in [2.45, 2.75) is 6.54 Å². The highest BCUT2D eigenvalue weighted by Crippen LogP contribution is 2.19. The van der Waals surface area contributed by atoms with E-state index in [9.17, 15) is 4.79 Å². The Morgan fingerprint density at radius 3 is 2.81 bits per heavy atom. The number of furan rings is 1. The lowest BCUT2D eigenvalue weighted by atomic mass is 10.1. The minimum Gasteiger partial charge on any atom is -0.461 e. The van der Waals surface area contributed by atoms with Gasteiger partial charge in [0, 0.05) is 24.3 Å². The first-order chi connectivity index (χ1) is 12.7. The van der Waals surface area contributed by atoms with E-state index in [4.69, 9.17) is 10.2 Å². The fraction of sp³-hybridized carbons (Fsp3) is 0.0526. The third-order valence-electron chi connectivity index (χ3n) is 3.96. The number of carbonyl (C=O) groups excluding carboxylic acids is 1. The SMILES string of the molecule is Nc1nc(-c2ccco2)ncc1C(=O)NCc1cccc2cccnc12. The second kappa shape index (κ2) is 6.64. The summed E-state index contributed by atoms with van der Waals surface area (Å²) in [6.45, 7) is 0.326. The fourth-order valence-corrected chi connectivity index (χ4v) is 2.68. The molecule has 0 atom stereocenters. The zero-order chi connectivity index (χ0) is 17.9. The molecule has 4 aromatic rings. The van der Waals surface area contributed by atoms with Crippen LogP contribution in [0.15, 0.2) is 65.5 Å². The molecule has 0 aliphatic carbocycles. The van der Waals surface area contributed by atoms with Crippen LogP contribution in [0.25, 0.3) is 22.5 Å². The van der Waals surface area contributed by atoms with Crippen LogP contribution in [-0.4, -0.2) is 20.9 Å². The van der Waals surface area contributed by atoms with Crippen molar-refractivity contribution in [3.05, 3.63) is 72.2 Å². The number of benzene rings is 1. The standard InChI is InChI=1S/C19H15N5O2/c20-17-14(11-22-18(24-17)15-7-3-9-26-15)19(25)23-10-13-5-1-4-12-6-2-8-21-16(12)13/h1-9,11H,10H2,(H,23,25)(H2,20,22,24). The Labute approximate surface area is 148 Å². The molecule has 0 saturated heterocycles. The maximum Gasteiger partial charge on any atom is 0.256 e. The van der Waals surface area contributed by atoms with E-state index in [1.54, 1.807) is 18.3 Å². The van der Waals surface area contributed by atoms with Gasteiger partial charge < -0.3 is 15.5 Å². The number of pyridine rings is 1. The lowest BCUT2D eigenvalue weighted by molar-refractivity contribution is 0.0951. The highest BCUT2D eigenvalue weighted by Gasteiger charge is 2.14. The summed E-state index contributed by atoms with van der Waals surface area (Å²) in [4.78, 5) is 25.1. The van der Waals surface area contributed by atoms with Crippen LogP contribution in [0.2, 0.25) is 0 Å². The maximum absolute atomic E-state index is 12.5. The van der Waals surface area contributed by atoms with Crippen LogP contribution in [0.4, 0.5) is 5.82 Å². The van der Waals surface area contributed by atoms with Gasteiger partial charge in [0.05, 0.1) is 17.3 Å². The topological polar surface area (TPSA) is 107 Å². The zero-order valence-corrected chi connectivity index (χ0v) is 13.7. The van der Waals surface area contributed by atoms with Crippen molar-refractivity contribution >= 4 is 22.6 Å². The summed E-state index contributed by atoms with van der Waals surface area (Å²) >= 11 is 0. The van der Waals surface area contributed by atoms with Crippen LogP contribution in [0.1, 0.15) is 15.9 Å². The molecule has 7 nitrogen and oxygen atoms in total. The first-order valence-electron chi connectivity index (χ1n) is 7.99. The van der Waals surface area contributed by atoms with Crippen LogP contribution in [0.3, 0.4) is 0 Å². The van der Waals surface area contributed by atoms with Gasteiger partial charge in [-0.15, -0.1) is 0 Å². The van der Waals surface area contributed by atoms with Crippen LogP contribution in [0, 0.1) is 0 Å². The lowest BCUT2D eigenvalue weighted by Crippen LogP contribution is -2.24. The normalized spacial score (nSPS) is 10.8. The summed E-state index contributed by atoms with van der Waals surface area (Å²) in [6, 6.07) is 13.1. The van der Waals surface area contributed by atoms with Crippen molar-refractivity contribution in [2.24, 2.45) is 0 Å². The van der Waals surface area contributed by atoms with E-state index < -0.39 is 0 Å². The molecule has 3 aromatic heterocycles. The van der Waals surface area contributed by atoms with E-state index in [1.807, 2.05) is 30.3 Å². The van der Waals surface area contributed by atoms with Gasteiger partial charge in [-0.25, -0.2) is 9.97 Å². The van der Waals surface area contributed by atoms with Gasteiger partial charge in [0.15, 0.2) is 11.6 Å². The molecular weight excluding hydrogens is 330 g/mol. The summed E-state index contributed by atoms with van der Waals surface area (Å²) in [7, 11) is 0. The summed E-state index contributed by atoms with van der Waals surface area (Å²) in [5.41, 5.74) is 7.91. The Bertz CT molecular complexity index is 1070. The number of hydrogen-bond acceptors (Lipinski definition) is 6. The number of rotatable bonds is 4. The van der Waals surface area contributed by atoms with E-state index in [0.29, 0.717) is 18.1 Å². The number of fused-ring (bicyclic) bond motifs is 1. The van der Waals surface area contributed by atoms with Gasteiger partial charge in [0.1, 0.15) is 5.82 Å². The van der Waals surface area contributed by atoms with Crippen molar-refractivity contribution in [1.82, 2.24) is 20.3 Å². The minimum absolute atomic E-state index is 0.0972. The number of nitrogens with zero attached hydrogens (tertiary/aromatic N) is 3. The molecule has 128 valence electrons. The number of hydrogen-bond donors (Lipinski definition) is 2. The average molecular weight is 345 g/mol. The van der Waals surface area contributed by atoms with Crippen LogP contribution < -0.4 is 11.1 Å². The number of aromatic nitrogens is 3. The van der Waals surface area contributed by atoms with Gasteiger partial charge in [0.2, 0.25) is 0 Å². The number of nitrogens with two attached hydrogens (primary N) is 1. The molecule has 0 bridgehead atoms. The lowest BCUT2D eigenvalue weighted by Gasteiger charge is -2.09. The van der Waals surface area contributed by atoms with Crippen molar-refractivity contribution in [3.63, 3.8) is 0 Å². The Kier molecular flexibility index (Phi) is 4.03. The Hall–Kier alpha value is -3.74. The molecule has 7 heteroatoms. The molecular formula is C19H15N5O2. The quantitative estimate of drug-likeness (QED) is 0.589. The van der Waals surface area contributed by atoms with Gasteiger partial charge in [-0.2, -0.15) is 0 Å². The van der Waals surface area contributed by atoms with Gasteiger partial charge in [-0.05, 0) is 23.8 Å². The molecule has 0 fully saturated rings. The number of amides is 1. The molecule has 4 rings (SSSR count). The highest BCUT2D eigenvalue weighted by molar-refractivity contribution is 5.98. The number of carbonyl (C=O) groups is 1. The second-order valence-corrected chi connectivity index (χ2v) is 5.64. The molecule has 1 aromatic carbocycles. The fourth-order valence-electron chi connectivity index (χ4n) is 2.68. The smallest absolute Gasteiger partial charge is 0.256 e. The second-order valence-electron chi connectivity index (χ2n) is 5.64. The molecule has 0 aliphatic heterocycles. The van der Waals surface area contributed by atoms with E-state index in [-0.39, 0.29) is 17.3 Å². The number of nitrogen functional groups attached to an aromatic ring is 1. The summed E-state index contributed by atoms with van der Waals surface area (Å²) in [5, 5.41) is 3.86. The molecule has 0 saturated carbocycles. The van der Waals surface area contributed by atoms with Crippen LogP contribution in [0.5, 0.6) is 0 Å². The molecule has 1 amide bonds. The predicted molar refractivity (Wildman–Crippen MR) is 97.1 cm³/mol. The van der Waals surface area contributed by atoms with Gasteiger partial charge >= 0.3 is 0 Å². The van der Waals surface area contributed by atoms with Crippen molar-refractivity contribution in [3.8, 4) is 11.6 Å². The first kappa shape index (κ1) is 15.8. The molecule has 3 N–H and O–H groups in total.